The summed E-state index contributed by atoms with van der Waals surface area (Å²) >= 11 is 31.2. The molecule has 2 aromatic rings. The third-order valence-electron chi connectivity index (χ3n) is 5.64. The SMILES string of the molecule is O=C(NCCOCC1CC1)c1cc(NC(=O)[C@@H]2[C@@H](c3cc(Cl)cc(Cl)c3)C2(Cl)Cl)ccc1Cl. The van der Waals surface area contributed by atoms with Gasteiger partial charge in [0.2, 0.25) is 5.91 Å². The molecule has 2 N–H and O–H groups in total. The summed E-state index contributed by atoms with van der Waals surface area (Å²) in [5, 5.41) is 6.67. The van der Waals surface area contributed by atoms with Gasteiger partial charge in [-0.05, 0) is 60.7 Å². The number of carbonyl (C=O) groups excluding carboxylic acids is 2. The third-order valence-corrected chi connectivity index (χ3v) is 7.35. The van der Waals surface area contributed by atoms with Gasteiger partial charge in [0, 0.05) is 34.8 Å². The van der Waals surface area contributed by atoms with Crippen LogP contribution in [0.4, 0.5) is 5.69 Å². The zero-order chi connectivity index (χ0) is 23.8. The van der Waals surface area contributed by atoms with E-state index in [2.05, 4.69) is 10.6 Å². The van der Waals surface area contributed by atoms with Crippen LogP contribution in [0, 0.1) is 11.8 Å². The van der Waals surface area contributed by atoms with E-state index in [0.717, 1.165) is 6.61 Å². The largest absolute Gasteiger partial charge is 0.379 e. The lowest BCUT2D eigenvalue weighted by atomic mass is 10.1. The van der Waals surface area contributed by atoms with Crippen molar-refractivity contribution in [1.82, 2.24) is 5.32 Å². The molecule has 2 amide bonds. The Morgan fingerprint density at radius 3 is 2.39 bits per heavy atom. The fraction of sp³-hybridized carbons (Fsp3) is 0.391. The lowest BCUT2D eigenvalue weighted by molar-refractivity contribution is -0.117. The molecule has 2 aliphatic rings. The van der Waals surface area contributed by atoms with Gasteiger partial charge < -0.3 is 15.4 Å². The van der Waals surface area contributed by atoms with E-state index in [-0.39, 0.29) is 22.4 Å². The highest BCUT2D eigenvalue weighted by Crippen LogP contribution is 2.65. The van der Waals surface area contributed by atoms with Crippen molar-refractivity contribution < 1.29 is 14.3 Å². The van der Waals surface area contributed by atoms with E-state index in [4.69, 9.17) is 62.7 Å². The Hall–Kier alpha value is -1.21. The number of halogens is 5. The average Bonchev–Trinajstić information content (AvgIpc) is 3.64. The fourth-order valence-electron chi connectivity index (χ4n) is 3.69. The first-order valence-corrected chi connectivity index (χ1v) is 12.4. The zero-order valence-corrected chi connectivity index (χ0v) is 21.1. The van der Waals surface area contributed by atoms with Crippen LogP contribution in [0.25, 0.3) is 0 Å². The van der Waals surface area contributed by atoms with Crippen LogP contribution in [0.1, 0.15) is 34.7 Å². The first kappa shape index (κ1) is 24.9. The molecule has 10 heteroatoms. The predicted octanol–water partition coefficient (Wildman–Crippen LogP) is 6.33. The second kappa shape index (κ2) is 10.2. The van der Waals surface area contributed by atoms with E-state index < -0.39 is 16.2 Å². The van der Waals surface area contributed by atoms with Crippen LogP contribution in [0.2, 0.25) is 15.1 Å². The molecule has 176 valence electrons. The fourth-order valence-corrected chi connectivity index (χ4v) is 5.26. The summed E-state index contributed by atoms with van der Waals surface area (Å²) in [6, 6.07) is 9.62. The molecule has 2 aliphatic carbocycles. The van der Waals surface area contributed by atoms with Gasteiger partial charge in [-0.15, -0.1) is 23.2 Å². The van der Waals surface area contributed by atoms with Crippen molar-refractivity contribution in [1.29, 1.82) is 0 Å². The van der Waals surface area contributed by atoms with Crippen molar-refractivity contribution in [2.24, 2.45) is 11.8 Å². The second-order valence-electron chi connectivity index (χ2n) is 8.29. The second-order valence-corrected chi connectivity index (χ2v) is 11.0. The van der Waals surface area contributed by atoms with Crippen molar-refractivity contribution in [3.8, 4) is 0 Å². The van der Waals surface area contributed by atoms with E-state index in [9.17, 15) is 9.59 Å². The number of amides is 2. The molecule has 2 saturated carbocycles. The summed E-state index contributed by atoms with van der Waals surface area (Å²) in [6.45, 7) is 1.52. The van der Waals surface area contributed by atoms with Crippen molar-refractivity contribution in [3.05, 3.63) is 62.6 Å². The number of hydrogen-bond donors (Lipinski definition) is 2. The van der Waals surface area contributed by atoms with Crippen LogP contribution in [-0.4, -0.2) is 35.9 Å². The topological polar surface area (TPSA) is 67.4 Å². The summed E-state index contributed by atoms with van der Waals surface area (Å²) in [6.07, 6.45) is 2.42. The molecule has 0 spiro atoms. The number of hydrogen-bond acceptors (Lipinski definition) is 3. The molecule has 0 saturated heterocycles. The third kappa shape index (κ3) is 6.08. The number of ether oxygens (including phenoxy) is 1. The number of benzene rings is 2. The molecule has 2 aromatic carbocycles. The van der Waals surface area contributed by atoms with Gasteiger partial charge in [-0.3, -0.25) is 9.59 Å². The van der Waals surface area contributed by atoms with E-state index >= 15 is 0 Å². The van der Waals surface area contributed by atoms with Crippen LogP contribution in [-0.2, 0) is 9.53 Å². The van der Waals surface area contributed by atoms with E-state index in [0.29, 0.717) is 40.4 Å². The van der Waals surface area contributed by atoms with Gasteiger partial charge >= 0.3 is 0 Å². The van der Waals surface area contributed by atoms with Gasteiger partial charge in [-0.25, -0.2) is 0 Å². The molecule has 0 heterocycles. The quantitative estimate of drug-likeness (QED) is 0.283. The molecule has 33 heavy (non-hydrogen) atoms. The van der Waals surface area contributed by atoms with E-state index in [1.54, 1.807) is 30.3 Å². The summed E-state index contributed by atoms with van der Waals surface area (Å²) in [4.78, 5) is 25.5. The number of anilines is 1. The maximum absolute atomic E-state index is 12.9. The average molecular weight is 551 g/mol. The van der Waals surface area contributed by atoms with Gasteiger partial charge in [0.25, 0.3) is 5.91 Å². The molecule has 0 aliphatic heterocycles. The van der Waals surface area contributed by atoms with Crippen LogP contribution in [0.3, 0.4) is 0 Å². The van der Waals surface area contributed by atoms with Crippen LogP contribution < -0.4 is 10.6 Å². The van der Waals surface area contributed by atoms with Gasteiger partial charge in [0.05, 0.1) is 23.1 Å². The normalized spacial score (nSPS) is 20.9. The van der Waals surface area contributed by atoms with Crippen LogP contribution in [0.15, 0.2) is 36.4 Å². The smallest absolute Gasteiger partial charge is 0.252 e. The Morgan fingerprint density at radius 1 is 1.03 bits per heavy atom. The summed E-state index contributed by atoms with van der Waals surface area (Å²) < 4.78 is 4.22. The van der Waals surface area contributed by atoms with E-state index in [1.165, 1.54) is 18.9 Å². The molecule has 2 atom stereocenters. The number of rotatable bonds is 9. The molecule has 2 fully saturated rings. The summed E-state index contributed by atoms with van der Waals surface area (Å²) in [7, 11) is 0. The Morgan fingerprint density at radius 2 is 1.73 bits per heavy atom. The maximum atomic E-state index is 12.9. The van der Waals surface area contributed by atoms with Crippen molar-refractivity contribution >= 4 is 75.5 Å². The standard InChI is InChI=1S/C23H21Cl5N2O3/c24-14-7-13(8-15(25)9-14)19-20(23(19,27)28)22(32)30-16-3-4-18(26)17(10-16)21(31)29-5-6-33-11-12-1-2-12/h3-4,7-10,12,19-20H,1-2,5-6,11H2,(H,29,31)(H,30,32)/t19-,20+/m1/s1. The molecule has 0 aromatic heterocycles. The minimum atomic E-state index is -1.30. The minimum Gasteiger partial charge on any atom is -0.379 e. The molecular weight excluding hydrogens is 530 g/mol. The van der Waals surface area contributed by atoms with Gasteiger partial charge in [-0.1, -0.05) is 34.8 Å². The molecule has 0 bridgehead atoms. The molecule has 0 radical (unpaired) electrons. The van der Waals surface area contributed by atoms with Gasteiger partial charge in [0.15, 0.2) is 0 Å². The number of alkyl halides is 2. The molecular formula is C23H21Cl5N2O3. The summed E-state index contributed by atoms with van der Waals surface area (Å²) in [5.74, 6) is -1.26. The lowest BCUT2D eigenvalue weighted by Gasteiger charge is -2.10. The zero-order valence-electron chi connectivity index (χ0n) is 17.3. The molecule has 4 rings (SSSR count). The highest BCUT2D eigenvalue weighted by molar-refractivity contribution is 6.53. The van der Waals surface area contributed by atoms with Crippen molar-refractivity contribution in [2.45, 2.75) is 23.1 Å². The number of nitrogens with one attached hydrogen (secondary N) is 2. The van der Waals surface area contributed by atoms with E-state index in [1.807, 2.05) is 0 Å². The Kier molecular flexibility index (Phi) is 7.69. The van der Waals surface area contributed by atoms with Crippen LogP contribution in [0.5, 0.6) is 0 Å². The Labute approximate surface area is 217 Å². The Balaban J connectivity index is 1.38. The van der Waals surface area contributed by atoms with Gasteiger partial charge in [0.1, 0.15) is 4.33 Å². The summed E-state index contributed by atoms with van der Waals surface area (Å²) in [5.41, 5.74) is 1.32. The predicted molar refractivity (Wildman–Crippen MR) is 133 cm³/mol. The monoisotopic (exact) mass is 548 g/mol. The lowest BCUT2D eigenvalue weighted by Crippen LogP contribution is -2.28. The molecule has 5 nitrogen and oxygen atoms in total. The van der Waals surface area contributed by atoms with Crippen LogP contribution >= 0.6 is 58.0 Å². The number of carbonyl (C=O) groups is 2. The highest BCUT2D eigenvalue weighted by Gasteiger charge is 2.67. The maximum Gasteiger partial charge on any atom is 0.252 e. The first-order chi connectivity index (χ1) is 15.7. The highest BCUT2D eigenvalue weighted by atomic mass is 35.5. The minimum absolute atomic E-state index is 0.244. The molecule has 0 unspecified atom stereocenters. The van der Waals surface area contributed by atoms with Crippen molar-refractivity contribution in [3.63, 3.8) is 0 Å². The van der Waals surface area contributed by atoms with Crippen molar-refractivity contribution in [2.75, 3.05) is 25.1 Å². The van der Waals surface area contributed by atoms with Gasteiger partial charge in [-0.2, -0.15) is 0 Å². The Bertz CT molecular complexity index is 1050. The first-order valence-electron chi connectivity index (χ1n) is 10.5.